The lowest BCUT2D eigenvalue weighted by atomic mass is 9.62. The Bertz CT molecular complexity index is 1220. The van der Waals surface area contributed by atoms with Crippen LogP contribution in [0, 0.1) is 13.8 Å². The lowest BCUT2D eigenvalue weighted by molar-refractivity contribution is 0.331. The van der Waals surface area contributed by atoms with Gasteiger partial charge in [-0.3, -0.25) is 0 Å². The molecule has 0 fully saturated rings. The Balaban J connectivity index is 1.61. The monoisotopic (exact) mass is 435 g/mol. The molecule has 33 heavy (non-hydrogen) atoms. The molecule has 1 nitrogen and oxygen atoms in total. The summed E-state index contributed by atoms with van der Waals surface area (Å²) < 4.78 is 0. The van der Waals surface area contributed by atoms with Gasteiger partial charge in [0.1, 0.15) is 0 Å². The summed E-state index contributed by atoms with van der Waals surface area (Å²) in [4.78, 5) is 0. The van der Waals surface area contributed by atoms with Gasteiger partial charge in [-0.1, -0.05) is 89.4 Å². The van der Waals surface area contributed by atoms with Gasteiger partial charge >= 0.3 is 0 Å². The van der Waals surface area contributed by atoms with Gasteiger partial charge in [0, 0.05) is 11.4 Å². The quantitative estimate of drug-likeness (QED) is 0.422. The molecule has 0 bridgehead atoms. The van der Waals surface area contributed by atoms with Crippen LogP contribution in [0.5, 0.6) is 0 Å². The summed E-state index contributed by atoms with van der Waals surface area (Å²) >= 11 is 0. The molecule has 0 spiro atoms. The van der Waals surface area contributed by atoms with Gasteiger partial charge in [0.25, 0.3) is 0 Å². The molecule has 0 saturated heterocycles. The second kappa shape index (κ2) is 8.37. The van der Waals surface area contributed by atoms with Crippen molar-refractivity contribution in [1.29, 1.82) is 0 Å². The number of anilines is 1. The average molecular weight is 436 g/mol. The van der Waals surface area contributed by atoms with Crippen LogP contribution in [0.15, 0.2) is 73.8 Å². The van der Waals surface area contributed by atoms with E-state index in [-0.39, 0.29) is 10.8 Å². The fraction of sp³-hybridized carbons (Fsp3) is 0.312. The predicted molar refractivity (Wildman–Crippen MR) is 145 cm³/mol. The molecule has 0 heterocycles. The van der Waals surface area contributed by atoms with Gasteiger partial charge in [-0.15, -0.1) is 0 Å². The van der Waals surface area contributed by atoms with Gasteiger partial charge in [-0.05, 0) is 94.2 Å². The zero-order valence-electron chi connectivity index (χ0n) is 21.1. The summed E-state index contributed by atoms with van der Waals surface area (Å²) in [5.74, 6) is 0. The van der Waals surface area contributed by atoms with E-state index in [1.54, 1.807) is 0 Å². The maximum atomic E-state index is 4.50. The molecule has 0 aromatic heterocycles. The molecule has 170 valence electrons. The maximum absolute atomic E-state index is 4.50. The van der Waals surface area contributed by atoms with Crippen molar-refractivity contribution < 1.29 is 0 Å². The Kier molecular flexibility index (Phi) is 5.86. The van der Waals surface area contributed by atoms with E-state index < -0.39 is 0 Å². The number of hydrogen-bond acceptors (Lipinski definition) is 1. The molecule has 3 aromatic rings. The van der Waals surface area contributed by atoms with Crippen molar-refractivity contribution in [3.8, 4) is 0 Å². The lowest BCUT2D eigenvalue weighted by Gasteiger charge is -2.42. The second-order valence-corrected chi connectivity index (χ2v) is 11.0. The molecule has 0 saturated carbocycles. The van der Waals surface area contributed by atoms with E-state index in [9.17, 15) is 0 Å². The lowest BCUT2D eigenvalue weighted by Crippen LogP contribution is -2.34. The Morgan fingerprint density at radius 2 is 1.33 bits per heavy atom. The van der Waals surface area contributed by atoms with Gasteiger partial charge in [0.15, 0.2) is 0 Å². The molecule has 4 rings (SSSR count). The smallest absolute Gasteiger partial charge is 0.0386 e. The summed E-state index contributed by atoms with van der Waals surface area (Å²) in [6.45, 7) is 22.6. The summed E-state index contributed by atoms with van der Waals surface area (Å²) in [5.41, 5.74) is 12.5. The van der Waals surface area contributed by atoms with Crippen LogP contribution in [-0.2, 0) is 10.8 Å². The summed E-state index contributed by atoms with van der Waals surface area (Å²) in [5, 5.41) is 3.42. The van der Waals surface area contributed by atoms with Crippen molar-refractivity contribution in [1.82, 2.24) is 0 Å². The Labute approximate surface area is 200 Å². The fourth-order valence-electron chi connectivity index (χ4n) is 5.04. The number of rotatable bonds is 5. The zero-order valence-corrected chi connectivity index (χ0v) is 21.1. The van der Waals surface area contributed by atoms with Crippen molar-refractivity contribution in [2.75, 3.05) is 5.32 Å². The van der Waals surface area contributed by atoms with Crippen molar-refractivity contribution in [2.45, 2.75) is 65.2 Å². The van der Waals surface area contributed by atoms with E-state index in [0.29, 0.717) is 0 Å². The van der Waals surface area contributed by atoms with E-state index in [2.05, 4.69) is 121 Å². The minimum atomic E-state index is 0.191. The van der Waals surface area contributed by atoms with Crippen LogP contribution >= 0.6 is 0 Å². The highest BCUT2D eigenvalue weighted by atomic mass is 14.9. The van der Waals surface area contributed by atoms with Gasteiger partial charge in [0.05, 0.1) is 0 Å². The SMILES string of the molecule is C=C(Nc1cccc(C)c1)c1ccc(C(=C)c2cc3c(cc2C)C(C)(C)CCC3(C)C)cc1. The van der Waals surface area contributed by atoms with Crippen LogP contribution in [0.3, 0.4) is 0 Å². The molecule has 1 aliphatic carbocycles. The topological polar surface area (TPSA) is 12.0 Å². The Morgan fingerprint density at radius 3 is 1.94 bits per heavy atom. The van der Waals surface area contributed by atoms with Crippen molar-refractivity contribution >= 4 is 17.0 Å². The molecule has 1 aliphatic rings. The van der Waals surface area contributed by atoms with Crippen LogP contribution in [0.25, 0.3) is 11.3 Å². The first-order valence-corrected chi connectivity index (χ1v) is 12.0. The van der Waals surface area contributed by atoms with Gasteiger partial charge in [-0.25, -0.2) is 0 Å². The predicted octanol–water partition coefficient (Wildman–Crippen LogP) is 8.80. The molecule has 0 unspecified atom stereocenters. The van der Waals surface area contributed by atoms with Crippen LogP contribution in [0.2, 0.25) is 0 Å². The van der Waals surface area contributed by atoms with E-state index in [1.165, 1.54) is 40.7 Å². The van der Waals surface area contributed by atoms with Crippen molar-refractivity contribution in [2.24, 2.45) is 0 Å². The largest absolute Gasteiger partial charge is 0.356 e. The third kappa shape index (κ3) is 4.55. The molecule has 3 aromatic carbocycles. The third-order valence-corrected chi connectivity index (χ3v) is 7.42. The molecule has 0 amide bonds. The summed E-state index contributed by atoms with van der Waals surface area (Å²) in [7, 11) is 0. The summed E-state index contributed by atoms with van der Waals surface area (Å²) in [6.07, 6.45) is 2.45. The van der Waals surface area contributed by atoms with E-state index in [0.717, 1.165) is 28.1 Å². The van der Waals surface area contributed by atoms with Crippen molar-refractivity contribution in [3.05, 3.63) is 113 Å². The van der Waals surface area contributed by atoms with Crippen LogP contribution in [0.4, 0.5) is 5.69 Å². The molecule has 1 N–H and O–H groups in total. The maximum Gasteiger partial charge on any atom is 0.0386 e. The number of hydrogen-bond donors (Lipinski definition) is 1. The average Bonchev–Trinajstić information content (AvgIpc) is 2.76. The molecule has 0 radical (unpaired) electrons. The zero-order chi connectivity index (χ0) is 24.0. The van der Waals surface area contributed by atoms with Crippen LogP contribution in [0.1, 0.15) is 79.5 Å². The van der Waals surface area contributed by atoms with Gasteiger partial charge in [0.2, 0.25) is 0 Å². The minimum Gasteiger partial charge on any atom is -0.356 e. The normalized spacial score (nSPS) is 16.1. The molecular weight excluding hydrogens is 398 g/mol. The number of nitrogens with one attached hydrogen (secondary N) is 1. The molecular formula is C32H37N. The molecule has 1 heteroatoms. The highest BCUT2D eigenvalue weighted by molar-refractivity contribution is 5.82. The molecule has 0 aliphatic heterocycles. The van der Waals surface area contributed by atoms with E-state index >= 15 is 0 Å². The van der Waals surface area contributed by atoms with Gasteiger partial charge < -0.3 is 5.32 Å². The Morgan fingerprint density at radius 1 is 0.758 bits per heavy atom. The van der Waals surface area contributed by atoms with Crippen molar-refractivity contribution in [3.63, 3.8) is 0 Å². The van der Waals surface area contributed by atoms with E-state index in [4.69, 9.17) is 0 Å². The highest BCUT2D eigenvalue weighted by Gasteiger charge is 2.37. The first-order valence-electron chi connectivity index (χ1n) is 12.0. The highest BCUT2D eigenvalue weighted by Crippen LogP contribution is 2.47. The number of fused-ring (bicyclic) bond motifs is 1. The summed E-state index contributed by atoms with van der Waals surface area (Å²) in [6, 6.07) is 21.8. The standard InChI is InChI=1S/C32H37N/c1-21-10-9-11-27(18-21)33-24(4)26-14-12-25(13-15-26)23(3)28-20-30-29(19-22(28)2)31(5,6)16-17-32(30,7)8/h9-15,18-20,33H,3-4,16-17H2,1-2,5-8H3. The first kappa shape index (κ1) is 23.1. The molecule has 0 atom stereocenters. The minimum absolute atomic E-state index is 0.191. The fourth-order valence-corrected chi connectivity index (χ4v) is 5.04. The van der Waals surface area contributed by atoms with Crippen LogP contribution in [-0.4, -0.2) is 0 Å². The second-order valence-electron chi connectivity index (χ2n) is 11.0. The van der Waals surface area contributed by atoms with Crippen LogP contribution < -0.4 is 5.32 Å². The van der Waals surface area contributed by atoms with E-state index in [1.807, 2.05) is 0 Å². The number of benzene rings is 3. The number of aryl methyl sites for hydroxylation is 2. The first-order chi connectivity index (χ1) is 15.5. The Hall–Kier alpha value is -3.06. The third-order valence-electron chi connectivity index (χ3n) is 7.42. The van der Waals surface area contributed by atoms with Gasteiger partial charge in [-0.2, -0.15) is 0 Å².